The Labute approximate surface area is 140 Å². The molecule has 2 heterocycles. The molecule has 1 aliphatic rings. The van der Waals surface area contributed by atoms with Crippen molar-refractivity contribution >= 4 is 32.3 Å². The summed E-state index contributed by atoms with van der Waals surface area (Å²) in [5, 5.41) is 3.96. The first-order valence-corrected chi connectivity index (χ1v) is 8.92. The van der Waals surface area contributed by atoms with Crippen molar-refractivity contribution < 1.29 is 14.0 Å². The lowest BCUT2D eigenvalue weighted by molar-refractivity contribution is -0.688. The Hall–Kier alpha value is -1.49. The Morgan fingerprint density at radius 1 is 1.13 bits per heavy atom. The molecule has 3 aromatic rings. The number of aryl methyl sites for hydroxylation is 1. The van der Waals surface area contributed by atoms with Gasteiger partial charge in [-0.3, -0.25) is 0 Å². The average molecular weight is 328 g/mol. The molecule has 0 amide bonds. The smallest absolute Gasteiger partial charge is 0.235 e. The topological polar surface area (TPSA) is 22.3 Å². The Balaban J connectivity index is 1.81. The zero-order chi connectivity index (χ0) is 16.0. The van der Waals surface area contributed by atoms with Crippen LogP contribution in [0.2, 0.25) is 0 Å². The largest absolute Gasteiger partial charge is 0.349 e. The van der Waals surface area contributed by atoms with E-state index >= 15 is 0 Å². The summed E-state index contributed by atoms with van der Waals surface area (Å²) in [7, 11) is 0. The molecule has 4 rings (SSSR count). The number of hydrogen-bond acceptors (Lipinski definition) is 3. The second-order valence-corrected chi connectivity index (χ2v) is 8.11. The van der Waals surface area contributed by atoms with E-state index in [0.717, 1.165) is 6.54 Å². The van der Waals surface area contributed by atoms with Crippen LogP contribution in [0.4, 0.5) is 0 Å². The minimum atomic E-state index is -0.121. The highest BCUT2D eigenvalue weighted by molar-refractivity contribution is 7.19. The first kappa shape index (κ1) is 15.1. The zero-order valence-electron chi connectivity index (χ0n) is 13.8. The fraction of sp³-hybridized carbons (Fsp3) is 0.421. The van der Waals surface area contributed by atoms with Crippen molar-refractivity contribution in [3.8, 4) is 0 Å². The molecule has 0 unspecified atom stereocenters. The van der Waals surface area contributed by atoms with E-state index in [1.165, 1.54) is 26.0 Å². The summed E-state index contributed by atoms with van der Waals surface area (Å²) in [6.07, 6.45) is -0.121. The van der Waals surface area contributed by atoms with Gasteiger partial charge in [0.2, 0.25) is 10.5 Å². The van der Waals surface area contributed by atoms with Gasteiger partial charge in [0.25, 0.3) is 0 Å². The van der Waals surface area contributed by atoms with Gasteiger partial charge in [0, 0.05) is 18.4 Å². The lowest BCUT2D eigenvalue weighted by Gasteiger charge is -2.26. The van der Waals surface area contributed by atoms with Crippen LogP contribution in [0, 0.1) is 12.3 Å². The van der Waals surface area contributed by atoms with Crippen LogP contribution in [0.15, 0.2) is 36.4 Å². The number of rotatable bonds is 3. The van der Waals surface area contributed by atoms with Gasteiger partial charge in [0.15, 0.2) is 12.8 Å². The van der Waals surface area contributed by atoms with Crippen LogP contribution in [-0.4, -0.2) is 19.5 Å². The number of ether oxygens (including phenoxy) is 2. The molecule has 23 heavy (non-hydrogen) atoms. The third kappa shape index (κ3) is 2.55. The van der Waals surface area contributed by atoms with Gasteiger partial charge in [-0.25, -0.2) is 0 Å². The van der Waals surface area contributed by atoms with Gasteiger partial charge >= 0.3 is 0 Å². The van der Waals surface area contributed by atoms with E-state index in [4.69, 9.17) is 9.47 Å². The van der Waals surface area contributed by atoms with Crippen molar-refractivity contribution in [3.63, 3.8) is 0 Å². The summed E-state index contributed by atoms with van der Waals surface area (Å²) in [5.74, 6) is 0. The number of thiazole rings is 1. The molecule has 0 atom stereocenters. The first-order chi connectivity index (χ1) is 11.1. The molecule has 3 nitrogen and oxygen atoms in total. The molecule has 4 heteroatoms. The van der Waals surface area contributed by atoms with Crippen LogP contribution in [-0.2, 0) is 16.0 Å². The minimum absolute atomic E-state index is 0.0639. The molecule has 0 aliphatic carbocycles. The van der Waals surface area contributed by atoms with Crippen LogP contribution >= 0.6 is 11.3 Å². The quantitative estimate of drug-likeness (QED) is 0.677. The molecule has 0 N–H and O–H groups in total. The maximum Gasteiger partial charge on any atom is 0.235 e. The molecule has 0 radical (unpaired) electrons. The van der Waals surface area contributed by atoms with Crippen LogP contribution in [0.5, 0.6) is 0 Å². The maximum absolute atomic E-state index is 5.76. The average Bonchev–Trinajstić information content (AvgIpc) is 3.17. The number of benzene rings is 2. The highest BCUT2D eigenvalue weighted by atomic mass is 32.1. The van der Waals surface area contributed by atoms with Crippen molar-refractivity contribution in [2.75, 3.05) is 13.2 Å². The third-order valence-electron chi connectivity index (χ3n) is 4.60. The Morgan fingerprint density at radius 3 is 2.65 bits per heavy atom. The standard InChI is InChI=1S/C19H22NO2S/c1-13-20(12-19(2,3)18-21-10-11-22-18)16-9-8-14-6-4-5-7-15(14)17(16)23-13/h4-9,18H,10-12H2,1-3H3/q+1. The fourth-order valence-corrected chi connectivity index (χ4v) is 4.56. The third-order valence-corrected chi connectivity index (χ3v) is 5.75. The molecular formula is C19H22NO2S+. The molecule has 1 aliphatic heterocycles. The van der Waals surface area contributed by atoms with Gasteiger partial charge in [-0.1, -0.05) is 35.6 Å². The second kappa shape index (κ2) is 5.55. The van der Waals surface area contributed by atoms with Crippen molar-refractivity contribution in [2.45, 2.75) is 33.6 Å². The number of fused-ring (bicyclic) bond motifs is 3. The van der Waals surface area contributed by atoms with Crippen molar-refractivity contribution in [3.05, 3.63) is 41.4 Å². The predicted octanol–water partition coefficient (Wildman–Crippen LogP) is 4.05. The number of aromatic nitrogens is 1. The normalized spacial score (nSPS) is 16.7. The Kier molecular flexibility index (Phi) is 3.63. The van der Waals surface area contributed by atoms with Gasteiger partial charge < -0.3 is 9.47 Å². The fourth-order valence-electron chi connectivity index (χ4n) is 3.41. The summed E-state index contributed by atoms with van der Waals surface area (Å²) in [4.78, 5) is 0. The van der Waals surface area contributed by atoms with Gasteiger partial charge in [-0.15, -0.1) is 0 Å². The van der Waals surface area contributed by atoms with E-state index in [9.17, 15) is 0 Å². The van der Waals surface area contributed by atoms with Crippen LogP contribution in [0.25, 0.3) is 21.0 Å². The van der Waals surface area contributed by atoms with Gasteiger partial charge in [0.05, 0.1) is 18.6 Å². The van der Waals surface area contributed by atoms with Crippen LogP contribution in [0.1, 0.15) is 18.9 Å². The number of hydrogen-bond donors (Lipinski definition) is 0. The van der Waals surface area contributed by atoms with Crippen molar-refractivity contribution in [2.24, 2.45) is 5.41 Å². The predicted molar refractivity (Wildman–Crippen MR) is 93.7 cm³/mol. The SMILES string of the molecule is Cc1sc2c3ccccc3ccc2[n+]1CC(C)(C)C1OCCO1. The lowest BCUT2D eigenvalue weighted by atomic mass is 9.92. The minimum Gasteiger partial charge on any atom is -0.349 e. The molecule has 1 aromatic heterocycles. The van der Waals surface area contributed by atoms with Crippen LogP contribution in [0.3, 0.4) is 0 Å². The first-order valence-electron chi connectivity index (χ1n) is 8.10. The van der Waals surface area contributed by atoms with Crippen LogP contribution < -0.4 is 4.57 Å². The van der Waals surface area contributed by atoms with Crippen molar-refractivity contribution in [1.29, 1.82) is 0 Å². The van der Waals surface area contributed by atoms with Gasteiger partial charge in [-0.05, 0) is 25.3 Å². The molecule has 120 valence electrons. The molecule has 0 spiro atoms. The van der Waals surface area contributed by atoms with E-state index in [0.29, 0.717) is 13.2 Å². The van der Waals surface area contributed by atoms with E-state index in [-0.39, 0.29) is 11.7 Å². The second-order valence-electron chi connectivity index (χ2n) is 6.90. The molecule has 0 saturated carbocycles. The van der Waals surface area contributed by atoms with E-state index < -0.39 is 0 Å². The highest BCUT2D eigenvalue weighted by Crippen LogP contribution is 2.32. The maximum atomic E-state index is 5.76. The number of nitrogens with zero attached hydrogens (tertiary/aromatic N) is 1. The summed E-state index contributed by atoms with van der Waals surface area (Å²) in [6, 6.07) is 13.1. The summed E-state index contributed by atoms with van der Waals surface area (Å²) in [6.45, 7) is 8.94. The molecule has 0 bridgehead atoms. The van der Waals surface area contributed by atoms with Crippen molar-refractivity contribution in [1.82, 2.24) is 0 Å². The summed E-state index contributed by atoms with van der Waals surface area (Å²) < 4.78 is 15.3. The molecular weight excluding hydrogens is 306 g/mol. The van der Waals surface area contributed by atoms with Gasteiger partial charge in [0.1, 0.15) is 4.70 Å². The monoisotopic (exact) mass is 328 g/mol. The Bertz CT molecular complexity index is 862. The summed E-state index contributed by atoms with van der Waals surface area (Å²) >= 11 is 1.87. The van der Waals surface area contributed by atoms with E-state index in [1.807, 2.05) is 11.3 Å². The summed E-state index contributed by atoms with van der Waals surface area (Å²) in [5.41, 5.74) is 1.24. The molecule has 2 aromatic carbocycles. The molecule has 1 fully saturated rings. The van der Waals surface area contributed by atoms with E-state index in [2.05, 4.69) is 61.7 Å². The zero-order valence-corrected chi connectivity index (χ0v) is 14.7. The van der Waals surface area contributed by atoms with E-state index in [1.54, 1.807) is 0 Å². The molecule has 1 saturated heterocycles. The Morgan fingerprint density at radius 2 is 1.87 bits per heavy atom. The van der Waals surface area contributed by atoms with Gasteiger partial charge in [-0.2, -0.15) is 4.57 Å². The lowest BCUT2D eigenvalue weighted by Crippen LogP contribution is -2.47. The highest BCUT2D eigenvalue weighted by Gasteiger charge is 2.39.